The van der Waals surface area contributed by atoms with Crippen LogP contribution in [-0.4, -0.2) is 29.6 Å². The summed E-state index contributed by atoms with van der Waals surface area (Å²) >= 11 is 3.31. The number of nitro groups is 1. The molecule has 0 saturated carbocycles. The number of nitrogens with one attached hydrogen (secondary N) is 2. The van der Waals surface area contributed by atoms with E-state index in [1.165, 1.54) is 24.4 Å². The average molecular weight is 497 g/mol. The van der Waals surface area contributed by atoms with Gasteiger partial charge in [0, 0.05) is 27.9 Å². The van der Waals surface area contributed by atoms with Crippen LogP contribution in [0.15, 0.2) is 82.4 Å². The molecule has 0 unspecified atom stereocenters. The van der Waals surface area contributed by atoms with Crippen molar-refractivity contribution in [3.05, 3.63) is 98.5 Å². The highest BCUT2D eigenvalue weighted by atomic mass is 79.9. The molecule has 0 aliphatic heterocycles. The van der Waals surface area contributed by atoms with Crippen LogP contribution in [-0.2, 0) is 4.79 Å². The molecule has 3 aromatic carbocycles. The Morgan fingerprint density at radius 1 is 1.06 bits per heavy atom. The molecule has 9 nitrogen and oxygen atoms in total. The molecule has 0 radical (unpaired) electrons. The number of carbonyl (C=O) groups is 2. The lowest BCUT2D eigenvalue weighted by molar-refractivity contribution is -0.384. The Hall–Kier alpha value is -4.05. The maximum atomic E-state index is 12.0. The van der Waals surface area contributed by atoms with Gasteiger partial charge in [0.25, 0.3) is 17.5 Å². The van der Waals surface area contributed by atoms with Gasteiger partial charge in [0.2, 0.25) is 0 Å². The van der Waals surface area contributed by atoms with E-state index in [1.807, 2.05) is 6.07 Å². The lowest BCUT2D eigenvalue weighted by Gasteiger charge is -2.07. The van der Waals surface area contributed by atoms with Gasteiger partial charge in [-0.3, -0.25) is 19.7 Å². The normalized spacial score (nSPS) is 10.5. The van der Waals surface area contributed by atoms with Gasteiger partial charge in [0.1, 0.15) is 5.75 Å². The summed E-state index contributed by atoms with van der Waals surface area (Å²) in [7, 11) is 0. The Morgan fingerprint density at radius 3 is 2.53 bits per heavy atom. The number of hydrazone groups is 1. The van der Waals surface area contributed by atoms with Gasteiger partial charge in [-0.1, -0.05) is 28.1 Å². The summed E-state index contributed by atoms with van der Waals surface area (Å²) in [5, 5.41) is 17.3. The first-order chi connectivity index (χ1) is 15.4. The second kappa shape index (κ2) is 10.8. The number of benzene rings is 3. The third-order valence-electron chi connectivity index (χ3n) is 4.06. The molecule has 0 fully saturated rings. The first-order valence-electron chi connectivity index (χ1n) is 9.27. The van der Waals surface area contributed by atoms with Crippen LogP contribution >= 0.6 is 15.9 Å². The minimum Gasteiger partial charge on any atom is -0.484 e. The first kappa shape index (κ1) is 22.6. The van der Waals surface area contributed by atoms with Gasteiger partial charge in [0.15, 0.2) is 6.61 Å². The lowest BCUT2D eigenvalue weighted by atomic mass is 10.2. The van der Waals surface area contributed by atoms with Gasteiger partial charge in [-0.05, 0) is 54.1 Å². The molecule has 2 amide bonds. The molecule has 32 heavy (non-hydrogen) atoms. The Morgan fingerprint density at radius 2 is 1.81 bits per heavy atom. The molecule has 0 aliphatic rings. The van der Waals surface area contributed by atoms with Gasteiger partial charge < -0.3 is 10.1 Å². The van der Waals surface area contributed by atoms with Gasteiger partial charge in [0.05, 0.1) is 11.1 Å². The zero-order valence-electron chi connectivity index (χ0n) is 16.5. The number of anilines is 1. The highest BCUT2D eigenvalue weighted by Crippen LogP contribution is 2.17. The van der Waals surface area contributed by atoms with Crippen LogP contribution in [0.4, 0.5) is 11.4 Å². The zero-order valence-corrected chi connectivity index (χ0v) is 18.1. The first-order valence-corrected chi connectivity index (χ1v) is 10.1. The fourth-order valence-corrected chi connectivity index (χ4v) is 2.95. The summed E-state index contributed by atoms with van der Waals surface area (Å²) in [6.07, 6.45) is 1.48. The van der Waals surface area contributed by atoms with Crippen molar-refractivity contribution in [3.8, 4) is 5.75 Å². The molecular weight excluding hydrogens is 480 g/mol. The number of amides is 2. The largest absolute Gasteiger partial charge is 0.484 e. The standard InChI is InChI=1S/C22H17BrN4O5/c23-17-4-1-3-16(11-17)22(29)26-24-13-15-7-9-20(10-8-15)32-14-21(28)25-18-5-2-6-19(12-18)27(30)31/h1-13H,14H2,(H,25,28)(H,26,29)/b24-13+. The number of rotatable bonds is 8. The SMILES string of the molecule is O=C(COc1ccc(/C=N/NC(=O)c2cccc(Br)c2)cc1)Nc1cccc([N+](=O)[O-])c1. The quantitative estimate of drug-likeness (QED) is 0.275. The number of carbonyl (C=O) groups excluding carboxylic acids is 2. The molecule has 162 valence electrons. The molecule has 3 rings (SSSR count). The third kappa shape index (κ3) is 6.74. The number of hydrogen-bond donors (Lipinski definition) is 2. The highest BCUT2D eigenvalue weighted by molar-refractivity contribution is 9.10. The monoisotopic (exact) mass is 496 g/mol. The van der Waals surface area contributed by atoms with Gasteiger partial charge in [-0.2, -0.15) is 5.10 Å². The van der Waals surface area contributed by atoms with Crippen molar-refractivity contribution in [2.24, 2.45) is 5.10 Å². The third-order valence-corrected chi connectivity index (χ3v) is 4.55. The van der Waals surface area contributed by atoms with E-state index in [9.17, 15) is 19.7 Å². The molecule has 10 heteroatoms. The summed E-state index contributed by atoms with van der Waals surface area (Å²) in [6, 6.07) is 19.3. The summed E-state index contributed by atoms with van der Waals surface area (Å²) in [5.74, 6) is -0.335. The van der Waals surface area contributed by atoms with Crippen LogP contribution in [0.5, 0.6) is 5.75 Å². The van der Waals surface area contributed by atoms with Crippen molar-refractivity contribution in [3.63, 3.8) is 0 Å². The maximum absolute atomic E-state index is 12.0. The second-order valence-corrected chi connectivity index (χ2v) is 7.34. The molecule has 0 aromatic heterocycles. The predicted molar refractivity (Wildman–Crippen MR) is 123 cm³/mol. The van der Waals surface area contributed by atoms with Crippen molar-refractivity contribution < 1.29 is 19.2 Å². The second-order valence-electron chi connectivity index (χ2n) is 6.42. The van der Waals surface area contributed by atoms with Gasteiger partial charge in [-0.15, -0.1) is 0 Å². The van der Waals surface area contributed by atoms with E-state index < -0.39 is 10.8 Å². The van der Waals surface area contributed by atoms with Crippen LogP contribution in [0.1, 0.15) is 15.9 Å². The fourth-order valence-electron chi connectivity index (χ4n) is 2.55. The topological polar surface area (TPSA) is 123 Å². The van der Waals surface area contributed by atoms with Crippen LogP contribution in [0.25, 0.3) is 0 Å². The van der Waals surface area contributed by atoms with Crippen molar-refractivity contribution >= 4 is 45.3 Å². The Balaban J connectivity index is 1.47. The summed E-state index contributed by atoms with van der Waals surface area (Å²) < 4.78 is 6.21. The van der Waals surface area contributed by atoms with Crippen molar-refractivity contribution in [2.75, 3.05) is 11.9 Å². The Bertz CT molecular complexity index is 1160. The summed E-state index contributed by atoms with van der Waals surface area (Å²) in [6.45, 7) is -0.265. The lowest BCUT2D eigenvalue weighted by Crippen LogP contribution is -2.20. The van der Waals surface area contributed by atoms with Crippen molar-refractivity contribution in [1.82, 2.24) is 5.43 Å². The average Bonchev–Trinajstić information content (AvgIpc) is 2.78. The molecule has 0 bridgehead atoms. The highest BCUT2D eigenvalue weighted by Gasteiger charge is 2.09. The van der Waals surface area contributed by atoms with E-state index in [4.69, 9.17) is 4.74 Å². The molecular formula is C22H17BrN4O5. The Labute approximate surface area is 191 Å². The van der Waals surface area contributed by atoms with Crippen LogP contribution in [0, 0.1) is 10.1 Å². The molecule has 3 aromatic rings. The molecule has 0 heterocycles. The van der Waals surface area contributed by atoms with Crippen LogP contribution in [0.3, 0.4) is 0 Å². The molecule has 0 atom stereocenters. The van der Waals surface area contributed by atoms with Crippen molar-refractivity contribution in [2.45, 2.75) is 0 Å². The summed E-state index contributed by atoms with van der Waals surface area (Å²) in [4.78, 5) is 34.3. The van der Waals surface area contributed by atoms with Gasteiger partial charge >= 0.3 is 0 Å². The number of nitro benzene ring substituents is 1. The van der Waals surface area contributed by atoms with E-state index in [0.29, 0.717) is 22.6 Å². The van der Waals surface area contributed by atoms with E-state index in [2.05, 4.69) is 31.8 Å². The maximum Gasteiger partial charge on any atom is 0.271 e. The minimum atomic E-state index is -0.539. The Kier molecular flexibility index (Phi) is 7.65. The molecule has 0 aliphatic carbocycles. The van der Waals surface area contributed by atoms with Crippen LogP contribution in [0.2, 0.25) is 0 Å². The number of hydrogen-bond acceptors (Lipinski definition) is 6. The minimum absolute atomic E-state index is 0.117. The summed E-state index contributed by atoms with van der Waals surface area (Å²) in [5.41, 5.74) is 3.83. The smallest absolute Gasteiger partial charge is 0.271 e. The number of nitrogens with zero attached hydrogens (tertiary/aromatic N) is 2. The molecule has 0 saturated heterocycles. The van der Waals surface area contributed by atoms with E-state index in [1.54, 1.807) is 48.5 Å². The number of non-ortho nitro benzene ring substituents is 1. The number of ether oxygens (including phenoxy) is 1. The number of halogens is 1. The van der Waals surface area contributed by atoms with E-state index in [0.717, 1.165) is 4.47 Å². The van der Waals surface area contributed by atoms with Gasteiger partial charge in [-0.25, -0.2) is 5.43 Å². The molecule has 0 spiro atoms. The van der Waals surface area contributed by atoms with Crippen LogP contribution < -0.4 is 15.5 Å². The predicted octanol–water partition coefficient (Wildman–Crippen LogP) is 4.14. The van der Waals surface area contributed by atoms with E-state index >= 15 is 0 Å². The van der Waals surface area contributed by atoms with Crippen molar-refractivity contribution in [1.29, 1.82) is 0 Å². The fraction of sp³-hybridized carbons (Fsp3) is 0.0455. The molecule has 2 N–H and O–H groups in total. The zero-order chi connectivity index (χ0) is 22.9. The van der Waals surface area contributed by atoms with E-state index in [-0.39, 0.29) is 18.2 Å².